The molecule has 0 saturated heterocycles. The molecule has 2 amide bonds. The quantitative estimate of drug-likeness (QED) is 0.920. The van der Waals surface area contributed by atoms with Crippen molar-refractivity contribution in [2.45, 2.75) is 25.3 Å². The Morgan fingerprint density at radius 3 is 2.57 bits per heavy atom. The predicted molar refractivity (Wildman–Crippen MR) is 91.3 cm³/mol. The van der Waals surface area contributed by atoms with Gasteiger partial charge in [0, 0.05) is 25.6 Å². The molecule has 1 atom stereocenters. The normalized spacial score (nSPS) is 20.0. The van der Waals surface area contributed by atoms with Gasteiger partial charge < -0.3 is 10.2 Å². The molecule has 3 heteroatoms. The molecule has 1 heterocycles. The average molecular weight is 306 g/mol. The molecule has 2 aromatic carbocycles. The van der Waals surface area contributed by atoms with Crippen molar-refractivity contribution in [1.82, 2.24) is 10.2 Å². The van der Waals surface area contributed by atoms with Gasteiger partial charge in [-0.15, -0.1) is 0 Å². The first-order valence-corrected chi connectivity index (χ1v) is 8.47. The van der Waals surface area contributed by atoms with Crippen LogP contribution in [0, 0.1) is 5.92 Å². The van der Waals surface area contributed by atoms with Crippen LogP contribution in [-0.4, -0.2) is 24.0 Å². The lowest BCUT2D eigenvalue weighted by molar-refractivity contribution is 0.188. The Morgan fingerprint density at radius 1 is 1.04 bits per heavy atom. The third kappa shape index (κ3) is 3.09. The molecule has 1 saturated carbocycles. The summed E-state index contributed by atoms with van der Waals surface area (Å²) in [6.07, 6.45) is 2.52. The van der Waals surface area contributed by atoms with Crippen LogP contribution in [0.25, 0.3) is 0 Å². The minimum absolute atomic E-state index is 0.0762. The van der Waals surface area contributed by atoms with Crippen molar-refractivity contribution < 1.29 is 4.79 Å². The fraction of sp³-hybridized carbons (Fsp3) is 0.350. The summed E-state index contributed by atoms with van der Waals surface area (Å²) in [6, 6.07) is 19.1. The zero-order valence-electron chi connectivity index (χ0n) is 13.2. The number of carbonyl (C=O) groups is 1. The van der Waals surface area contributed by atoms with Gasteiger partial charge in [0.15, 0.2) is 0 Å². The third-order valence-corrected chi connectivity index (χ3v) is 4.92. The summed E-state index contributed by atoms with van der Waals surface area (Å²) < 4.78 is 0. The molecule has 3 nitrogen and oxygen atoms in total. The van der Waals surface area contributed by atoms with E-state index in [2.05, 4.69) is 53.8 Å². The first-order chi connectivity index (χ1) is 11.3. The fourth-order valence-corrected chi connectivity index (χ4v) is 3.40. The molecule has 23 heavy (non-hydrogen) atoms. The van der Waals surface area contributed by atoms with Crippen LogP contribution in [-0.2, 0) is 6.54 Å². The van der Waals surface area contributed by atoms with Gasteiger partial charge in [0.2, 0.25) is 0 Å². The molecule has 1 fully saturated rings. The Morgan fingerprint density at radius 2 is 1.78 bits per heavy atom. The molecule has 0 radical (unpaired) electrons. The SMILES string of the molecule is O=C(NCC1CC1)N1Cc2ccccc2C(c2ccccc2)C1. The molecule has 1 aliphatic carbocycles. The first kappa shape index (κ1) is 14.3. The Kier molecular flexibility index (Phi) is 3.78. The smallest absolute Gasteiger partial charge is 0.317 e. The molecular weight excluding hydrogens is 284 g/mol. The minimum atomic E-state index is 0.0762. The maximum absolute atomic E-state index is 12.5. The molecule has 0 aromatic heterocycles. The highest BCUT2D eigenvalue weighted by atomic mass is 16.2. The molecule has 1 aliphatic heterocycles. The number of hydrogen-bond acceptors (Lipinski definition) is 1. The topological polar surface area (TPSA) is 32.3 Å². The van der Waals surface area contributed by atoms with Crippen molar-refractivity contribution >= 4 is 6.03 Å². The number of benzene rings is 2. The molecule has 118 valence electrons. The Balaban J connectivity index is 1.59. The van der Waals surface area contributed by atoms with E-state index >= 15 is 0 Å². The second kappa shape index (κ2) is 6.07. The summed E-state index contributed by atoms with van der Waals surface area (Å²) in [5, 5.41) is 3.10. The van der Waals surface area contributed by atoms with Crippen LogP contribution >= 0.6 is 0 Å². The highest BCUT2D eigenvalue weighted by molar-refractivity contribution is 5.75. The number of carbonyl (C=O) groups excluding carboxylic acids is 1. The number of nitrogens with zero attached hydrogens (tertiary/aromatic N) is 1. The van der Waals surface area contributed by atoms with Crippen molar-refractivity contribution in [3.8, 4) is 0 Å². The lowest BCUT2D eigenvalue weighted by atomic mass is 9.85. The van der Waals surface area contributed by atoms with Gasteiger partial charge in [-0.2, -0.15) is 0 Å². The lowest BCUT2D eigenvalue weighted by Crippen LogP contribution is -2.44. The van der Waals surface area contributed by atoms with Crippen molar-refractivity contribution in [1.29, 1.82) is 0 Å². The van der Waals surface area contributed by atoms with Crippen molar-refractivity contribution in [3.05, 3.63) is 71.3 Å². The van der Waals surface area contributed by atoms with Crippen LogP contribution in [0.4, 0.5) is 4.79 Å². The van der Waals surface area contributed by atoms with Crippen molar-refractivity contribution in [2.75, 3.05) is 13.1 Å². The van der Waals surface area contributed by atoms with E-state index in [1.165, 1.54) is 29.5 Å². The maximum Gasteiger partial charge on any atom is 0.317 e. The molecule has 2 aromatic rings. The molecule has 1 unspecified atom stereocenters. The summed E-state index contributed by atoms with van der Waals surface area (Å²) in [7, 11) is 0. The maximum atomic E-state index is 12.5. The van der Waals surface area contributed by atoms with Crippen LogP contribution in [0.3, 0.4) is 0 Å². The van der Waals surface area contributed by atoms with Crippen LogP contribution in [0.5, 0.6) is 0 Å². The van der Waals surface area contributed by atoms with Crippen LogP contribution < -0.4 is 5.32 Å². The summed E-state index contributed by atoms with van der Waals surface area (Å²) in [5.74, 6) is 0.966. The Labute approximate surface area is 137 Å². The van der Waals surface area contributed by atoms with Gasteiger partial charge >= 0.3 is 6.03 Å². The molecule has 0 bridgehead atoms. The molecule has 1 N–H and O–H groups in total. The second-order valence-corrected chi connectivity index (χ2v) is 6.67. The fourth-order valence-electron chi connectivity index (χ4n) is 3.40. The van der Waals surface area contributed by atoms with Crippen LogP contribution in [0.2, 0.25) is 0 Å². The van der Waals surface area contributed by atoms with E-state index in [1.54, 1.807) is 0 Å². The van der Waals surface area contributed by atoms with Gasteiger partial charge in [-0.25, -0.2) is 4.79 Å². The zero-order valence-corrected chi connectivity index (χ0v) is 13.2. The minimum Gasteiger partial charge on any atom is -0.338 e. The van der Waals surface area contributed by atoms with E-state index in [-0.39, 0.29) is 11.9 Å². The standard InChI is InChI=1S/C20H22N2O/c23-20(21-12-15-10-11-15)22-13-17-8-4-5-9-18(17)19(14-22)16-6-2-1-3-7-16/h1-9,15,19H,10-14H2,(H,21,23). The molecule has 0 spiro atoms. The number of rotatable bonds is 3. The average Bonchev–Trinajstić information content (AvgIpc) is 3.44. The third-order valence-electron chi connectivity index (χ3n) is 4.92. The van der Waals surface area contributed by atoms with Gasteiger partial charge in [0.05, 0.1) is 0 Å². The summed E-state index contributed by atoms with van der Waals surface area (Å²) in [4.78, 5) is 14.5. The largest absolute Gasteiger partial charge is 0.338 e. The highest BCUT2D eigenvalue weighted by Gasteiger charge is 2.30. The van der Waals surface area contributed by atoms with Crippen molar-refractivity contribution in [3.63, 3.8) is 0 Å². The van der Waals surface area contributed by atoms with E-state index in [4.69, 9.17) is 0 Å². The van der Waals surface area contributed by atoms with Gasteiger partial charge in [-0.05, 0) is 35.4 Å². The Hall–Kier alpha value is -2.29. The van der Waals surface area contributed by atoms with Gasteiger partial charge in [-0.3, -0.25) is 0 Å². The number of hydrogen-bond donors (Lipinski definition) is 1. The predicted octanol–water partition coefficient (Wildman–Crippen LogP) is 3.75. The van der Waals surface area contributed by atoms with Gasteiger partial charge in [0.1, 0.15) is 0 Å². The molecule has 4 rings (SSSR count). The second-order valence-electron chi connectivity index (χ2n) is 6.67. The number of urea groups is 1. The molecule has 2 aliphatic rings. The van der Waals surface area contributed by atoms with Crippen molar-refractivity contribution in [2.24, 2.45) is 5.92 Å². The summed E-state index contributed by atoms with van der Waals surface area (Å²) >= 11 is 0. The number of nitrogens with one attached hydrogen (secondary N) is 1. The summed E-state index contributed by atoms with van der Waals surface area (Å²) in [6.45, 7) is 2.28. The van der Waals surface area contributed by atoms with Gasteiger partial charge in [0.25, 0.3) is 0 Å². The lowest BCUT2D eigenvalue weighted by Gasteiger charge is -2.35. The zero-order chi connectivity index (χ0) is 15.6. The van der Waals surface area contributed by atoms with E-state index in [1.807, 2.05) is 11.0 Å². The Bertz CT molecular complexity index is 694. The monoisotopic (exact) mass is 306 g/mol. The van der Waals surface area contributed by atoms with E-state index in [0.717, 1.165) is 13.1 Å². The van der Waals surface area contributed by atoms with Gasteiger partial charge in [-0.1, -0.05) is 54.6 Å². The summed E-state index contributed by atoms with van der Waals surface area (Å²) in [5.41, 5.74) is 3.89. The van der Waals surface area contributed by atoms with Crippen LogP contribution in [0.1, 0.15) is 35.4 Å². The van der Waals surface area contributed by atoms with E-state index < -0.39 is 0 Å². The number of amides is 2. The highest BCUT2D eigenvalue weighted by Crippen LogP contribution is 2.33. The van der Waals surface area contributed by atoms with E-state index in [9.17, 15) is 4.79 Å². The molecular formula is C20H22N2O. The van der Waals surface area contributed by atoms with E-state index in [0.29, 0.717) is 12.5 Å². The van der Waals surface area contributed by atoms with Crippen LogP contribution in [0.15, 0.2) is 54.6 Å². The number of fused-ring (bicyclic) bond motifs is 1. The first-order valence-electron chi connectivity index (χ1n) is 8.47.